The Morgan fingerprint density at radius 1 is 1.71 bits per heavy atom. The molecule has 0 aliphatic rings. The molecule has 0 aromatic heterocycles. The molecule has 0 atom stereocenters. The SMILES string of the molecule is [2H]c1ccc(N([2H])[2H])c([2H])c1[2H]. The smallest absolute Gasteiger partial charge is 0.156 e. The predicted molar refractivity (Wildman–Crippen MR) is 30.9 cm³/mol. The van der Waals surface area contributed by atoms with Gasteiger partial charge in [-0.2, -0.15) is 0 Å². The lowest BCUT2D eigenvalue weighted by atomic mass is 10.3. The van der Waals surface area contributed by atoms with Gasteiger partial charge >= 0.3 is 0 Å². The van der Waals surface area contributed by atoms with Gasteiger partial charge in [0.25, 0.3) is 0 Å². The van der Waals surface area contributed by atoms with Gasteiger partial charge < -0.3 is 5.72 Å². The highest BCUT2D eigenvalue weighted by atomic mass is 14.5. The molecule has 1 heteroatoms. The zero-order valence-corrected chi connectivity index (χ0v) is 3.60. The number of nitrogens with two attached hydrogens (primary N) is 1. The van der Waals surface area contributed by atoms with E-state index in [-0.39, 0.29) is 29.5 Å². The molecule has 0 aliphatic heterocycles. The minimum Gasteiger partial charge on any atom is -0.399 e. The van der Waals surface area contributed by atoms with Crippen molar-refractivity contribution >= 4 is 5.69 Å². The average molecular weight is 98.2 g/mol. The Morgan fingerprint density at radius 3 is 3.57 bits per heavy atom. The molecule has 1 rings (SSSR count). The molecule has 36 valence electrons. The molecular formula is C6H7N. The maximum Gasteiger partial charge on any atom is 0.156 e. The second-order valence-corrected chi connectivity index (χ2v) is 1.11. The van der Waals surface area contributed by atoms with Crippen LogP contribution in [0.5, 0.6) is 0 Å². The highest BCUT2D eigenvalue weighted by molar-refractivity contribution is 5.35. The first-order valence-electron chi connectivity index (χ1n) is 4.28. The summed E-state index contributed by atoms with van der Waals surface area (Å²) >= 11 is 0. The maximum atomic E-state index is 7.28. The number of rotatable bonds is 1. The van der Waals surface area contributed by atoms with E-state index in [1.54, 1.807) is 0 Å². The van der Waals surface area contributed by atoms with Crippen molar-refractivity contribution in [2.24, 2.45) is 0 Å². The fourth-order valence-corrected chi connectivity index (χ4v) is 0.304. The highest BCUT2D eigenvalue weighted by Gasteiger charge is 1.72. The Labute approximate surface area is 49.9 Å². The zero-order valence-electron chi connectivity index (χ0n) is 8.60. The Hall–Kier alpha value is -0.980. The minimum atomic E-state index is -0.257. The van der Waals surface area contributed by atoms with Crippen molar-refractivity contribution < 1.29 is 6.94 Å². The number of benzene rings is 1. The summed E-state index contributed by atoms with van der Waals surface area (Å²) in [5, 5.41) is 0. The van der Waals surface area contributed by atoms with Crippen LogP contribution in [0.4, 0.5) is 5.69 Å². The largest absolute Gasteiger partial charge is 0.399 e. The third-order valence-electron chi connectivity index (χ3n) is 0.587. The van der Waals surface area contributed by atoms with E-state index >= 15 is 0 Å². The third-order valence-corrected chi connectivity index (χ3v) is 0.587. The Balaban J connectivity index is 3.27. The Kier molecular flexibility index (Phi) is 0.294. The van der Waals surface area contributed by atoms with Crippen molar-refractivity contribution in [1.82, 2.24) is 0 Å². The first-order chi connectivity index (χ1) is 5.54. The van der Waals surface area contributed by atoms with Crippen LogP contribution in [0.3, 0.4) is 0 Å². The Bertz CT molecular complexity index is 298. The van der Waals surface area contributed by atoms with Crippen LogP contribution in [0.1, 0.15) is 4.11 Å². The summed E-state index contributed by atoms with van der Waals surface area (Å²) in [6.07, 6.45) is 0. The molecule has 1 aromatic carbocycles. The van der Waals surface area contributed by atoms with Gasteiger partial charge in [-0.15, -0.1) is 0 Å². The van der Waals surface area contributed by atoms with Crippen molar-refractivity contribution in [1.29, 1.82) is 0 Å². The van der Waals surface area contributed by atoms with Crippen LogP contribution in [0, 0.1) is 0 Å². The molecule has 1 nitrogen and oxygen atoms in total. The monoisotopic (exact) mass is 98.1 g/mol. The van der Waals surface area contributed by atoms with Crippen molar-refractivity contribution in [3.63, 3.8) is 0 Å². The normalized spacial score (nSPS) is 18.0. The zero-order chi connectivity index (χ0) is 9.30. The van der Waals surface area contributed by atoms with Gasteiger partial charge in [-0.05, 0) is 12.1 Å². The van der Waals surface area contributed by atoms with E-state index in [0.29, 0.717) is 0 Å². The van der Waals surface area contributed by atoms with E-state index in [4.69, 9.17) is 6.94 Å². The molecule has 2 N–H and O–H groups in total. The summed E-state index contributed by atoms with van der Waals surface area (Å²) in [5.74, 6) is 0. The van der Waals surface area contributed by atoms with Crippen LogP contribution in [0.2, 0.25) is 2.82 Å². The molecule has 0 bridgehead atoms. The predicted octanol–water partition coefficient (Wildman–Crippen LogP) is 1.27. The lowest BCUT2D eigenvalue weighted by molar-refractivity contribution is 1.69. The average Bonchev–Trinajstić information content (AvgIpc) is 2.00. The van der Waals surface area contributed by atoms with Gasteiger partial charge in [0.15, 0.2) is 2.82 Å². The van der Waals surface area contributed by atoms with E-state index in [1.165, 1.54) is 12.1 Å². The molecule has 0 radical (unpaired) electrons. The van der Waals surface area contributed by atoms with Crippen LogP contribution < -0.4 is 5.72 Å². The quantitative estimate of drug-likeness (QED) is 0.526. The molecule has 1 aromatic rings. The lowest BCUT2D eigenvalue weighted by Gasteiger charge is -1.83. The molecule has 0 saturated heterocycles. The summed E-state index contributed by atoms with van der Waals surface area (Å²) in [6, 6.07) is 2.03. The molecule has 0 saturated carbocycles. The van der Waals surface area contributed by atoms with Crippen molar-refractivity contribution in [2.45, 2.75) is 0 Å². The van der Waals surface area contributed by atoms with Gasteiger partial charge in [0.05, 0.1) is 4.11 Å². The van der Waals surface area contributed by atoms with E-state index in [9.17, 15) is 0 Å². The minimum absolute atomic E-state index is 0.0102. The van der Waals surface area contributed by atoms with Crippen LogP contribution >= 0.6 is 0 Å². The van der Waals surface area contributed by atoms with Gasteiger partial charge in [0.1, 0.15) is 0 Å². The van der Waals surface area contributed by atoms with E-state index in [1.807, 2.05) is 0 Å². The van der Waals surface area contributed by atoms with E-state index in [2.05, 4.69) is 0 Å². The molecular weight excluding hydrogens is 86.1 g/mol. The molecule has 0 amide bonds. The molecule has 0 spiro atoms. The van der Waals surface area contributed by atoms with Gasteiger partial charge in [-0.25, -0.2) is 0 Å². The second-order valence-electron chi connectivity index (χ2n) is 1.11. The number of hydrogen-bond acceptors (Lipinski definition) is 1. The van der Waals surface area contributed by atoms with Crippen molar-refractivity contribution in [2.75, 3.05) is 5.72 Å². The fraction of sp³-hybridized carbons (Fsp3) is 0. The van der Waals surface area contributed by atoms with Crippen LogP contribution in [0.25, 0.3) is 0 Å². The van der Waals surface area contributed by atoms with Gasteiger partial charge in [-0.3, -0.25) is 0 Å². The summed E-state index contributed by atoms with van der Waals surface area (Å²) in [6.45, 7) is 0. The summed E-state index contributed by atoms with van der Waals surface area (Å²) < 4.78 is 35.4. The molecule has 0 heterocycles. The third kappa shape index (κ3) is 0.929. The molecule has 0 fully saturated rings. The first-order valence-corrected chi connectivity index (χ1v) is 1.88. The topological polar surface area (TPSA) is 26.0 Å². The Morgan fingerprint density at radius 2 is 2.71 bits per heavy atom. The highest BCUT2D eigenvalue weighted by Crippen LogP contribution is 1.95. The van der Waals surface area contributed by atoms with Gasteiger partial charge in [-0.1, -0.05) is 18.2 Å². The standard InChI is InChI=1S/C6H7N/c7-6-4-2-1-3-5-6/h1-5H,7H2/i1D,2D,4D/hD2. The number of nitrogen functional groups attached to an aromatic ring is 1. The van der Waals surface area contributed by atoms with Gasteiger partial charge in [0, 0.05) is 5.69 Å². The summed E-state index contributed by atoms with van der Waals surface area (Å²) in [7, 11) is 0. The summed E-state index contributed by atoms with van der Waals surface area (Å²) in [4.78, 5) is 0. The summed E-state index contributed by atoms with van der Waals surface area (Å²) in [5.41, 5.74) is 0.274. The second kappa shape index (κ2) is 1.65. The first kappa shape index (κ1) is 1.25. The van der Waals surface area contributed by atoms with E-state index in [0.717, 1.165) is 0 Å². The lowest BCUT2D eigenvalue weighted by Crippen LogP contribution is -1.79. The number of anilines is 1. The maximum absolute atomic E-state index is 7.28. The van der Waals surface area contributed by atoms with Crippen LogP contribution in [-0.4, -0.2) is 0 Å². The van der Waals surface area contributed by atoms with Crippen molar-refractivity contribution in [3.8, 4) is 0 Å². The molecule has 0 unspecified atom stereocenters. The fourth-order valence-electron chi connectivity index (χ4n) is 0.304. The van der Waals surface area contributed by atoms with E-state index < -0.39 is 0 Å². The van der Waals surface area contributed by atoms with Crippen molar-refractivity contribution in [3.05, 3.63) is 30.3 Å². The molecule has 7 heavy (non-hydrogen) atoms. The van der Waals surface area contributed by atoms with Crippen LogP contribution in [-0.2, 0) is 0 Å². The number of para-hydroxylation sites is 1. The number of hydrogen-bond donors (Lipinski definition) is 1. The van der Waals surface area contributed by atoms with Crippen LogP contribution in [0.15, 0.2) is 30.3 Å². The van der Waals surface area contributed by atoms with Gasteiger partial charge in [0.2, 0.25) is 0 Å². The molecule has 0 aliphatic carbocycles.